The van der Waals surface area contributed by atoms with Crippen molar-refractivity contribution in [1.29, 1.82) is 0 Å². The average molecular weight is 314 g/mol. The predicted molar refractivity (Wildman–Crippen MR) is 92.6 cm³/mol. The highest BCUT2D eigenvalue weighted by Crippen LogP contribution is 2.33. The first-order valence-electron chi connectivity index (χ1n) is 7.83. The molecule has 1 heterocycles. The molecular weight excluding hydrogens is 292 g/mol. The summed E-state index contributed by atoms with van der Waals surface area (Å²) >= 11 is 0. The molecule has 3 aromatic rings. The Morgan fingerprint density at radius 3 is 1.70 bits per heavy atom. The van der Waals surface area contributed by atoms with E-state index in [4.69, 9.17) is 13.9 Å². The number of fused-ring (bicyclic) bond motifs is 3. The van der Waals surface area contributed by atoms with Crippen LogP contribution >= 0.6 is 0 Å². The van der Waals surface area contributed by atoms with E-state index in [0.717, 1.165) is 46.5 Å². The molecule has 5 heteroatoms. The third kappa shape index (κ3) is 3.57. The van der Waals surface area contributed by atoms with Gasteiger partial charge in [-0.2, -0.15) is 0 Å². The normalized spacial score (nSPS) is 11.2. The van der Waals surface area contributed by atoms with Gasteiger partial charge in [0.25, 0.3) is 0 Å². The van der Waals surface area contributed by atoms with Crippen molar-refractivity contribution >= 4 is 21.9 Å². The van der Waals surface area contributed by atoms with E-state index in [1.807, 2.05) is 50.5 Å². The van der Waals surface area contributed by atoms with E-state index in [1.165, 1.54) is 0 Å². The number of furan rings is 1. The summed E-state index contributed by atoms with van der Waals surface area (Å²) in [6, 6.07) is 11.8. The lowest BCUT2D eigenvalue weighted by molar-refractivity contribution is 0.318. The minimum absolute atomic E-state index is 0.635. The van der Waals surface area contributed by atoms with Gasteiger partial charge < -0.3 is 24.5 Å². The fraction of sp³-hybridized carbons (Fsp3) is 0.333. The van der Waals surface area contributed by atoms with Crippen molar-refractivity contribution in [2.24, 2.45) is 0 Å². The van der Waals surface area contributed by atoms with Crippen LogP contribution in [0.15, 0.2) is 40.8 Å². The third-order valence-electron chi connectivity index (χ3n) is 3.65. The van der Waals surface area contributed by atoms with E-state index < -0.39 is 0 Å². The van der Waals surface area contributed by atoms with Gasteiger partial charge in [-0.05, 0) is 50.5 Å². The fourth-order valence-corrected chi connectivity index (χ4v) is 2.46. The second-order valence-corrected chi connectivity index (χ2v) is 5.32. The Hall–Kier alpha value is -2.24. The number of hydrogen-bond donors (Lipinski definition) is 2. The molecule has 0 unspecified atom stereocenters. The zero-order chi connectivity index (χ0) is 16.1. The maximum absolute atomic E-state index is 5.88. The van der Waals surface area contributed by atoms with Crippen LogP contribution in [0.5, 0.6) is 11.5 Å². The van der Waals surface area contributed by atoms with Crippen LogP contribution in [0.25, 0.3) is 21.9 Å². The van der Waals surface area contributed by atoms with E-state index in [9.17, 15) is 0 Å². The molecule has 0 atom stereocenters. The minimum Gasteiger partial charge on any atom is -0.492 e. The maximum atomic E-state index is 5.88. The fourth-order valence-electron chi connectivity index (χ4n) is 2.46. The van der Waals surface area contributed by atoms with E-state index in [0.29, 0.717) is 13.2 Å². The van der Waals surface area contributed by atoms with Crippen LogP contribution in [-0.4, -0.2) is 40.4 Å². The van der Waals surface area contributed by atoms with Crippen molar-refractivity contribution in [3.63, 3.8) is 0 Å². The summed E-state index contributed by atoms with van der Waals surface area (Å²) in [5.41, 5.74) is 1.71. The summed E-state index contributed by atoms with van der Waals surface area (Å²) in [5.74, 6) is 1.69. The zero-order valence-electron chi connectivity index (χ0n) is 13.5. The van der Waals surface area contributed by atoms with Crippen molar-refractivity contribution in [2.75, 3.05) is 40.4 Å². The second-order valence-electron chi connectivity index (χ2n) is 5.32. The molecule has 0 aliphatic heterocycles. The van der Waals surface area contributed by atoms with Gasteiger partial charge in [0, 0.05) is 23.9 Å². The molecular formula is C18H22N2O3. The van der Waals surface area contributed by atoms with Gasteiger partial charge in [-0.25, -0.2) is 0 Å². The van der Waals surface area contributed by atoms with Crippen LogP contribution in [0.4, 0.5) is 0 Å². The quantitative estimate of drug-likeness (QED) is 0.626. The number of ether oxygens (including phenoxy) is 2. The van der Waals surface area contributed by atoms with Gasteiger partial charge in [-0.1, -0.05) is 0 Å². The van der Waals surface area contributed by atoms with Crippen molar-refractivity contribution < 1.29 is 13.9 Å². The molecule has 5 nitrogen and oxygen atoms in total. The molecule has 3 rings (SSSR count). The lowest BCUT2D eigenvalue weighted by Crippen LogP contribution is -2.15. The molecule has 2 N–H and O–H groups in total. The van der Waals surface area contributed by atoms with Crippen LogP contribution in [0.1, 0.15) is 0 Å². The Morgan fingerprint density at radius 2 is 1.26 bits per heavy atom. The molecule has 0 aliphatic carbocycles. The number of likely N-dealkylation sites (N-methyl/N-ethyl adjacent to an activating group) is 2. The Bertz CT molecular complexity index is 718. The molecule has 0 amide bonds. The van der Waals surface area contributed by atoms with Gasteiger partial charge in [-0.15, -0.1) is 0 Å². The van der Waals surface area contributed by atoms with Gasteiger partial charge in [-0.3, -0.25) is 0 Å². The van der Waals surface area contributed by atoms with Crippen LogP contribution in [-0.2, 0) is 0 Å². The second kappa shape index (κ2) is 7.35. The molecule has 0 aliphatic rings. The van der Waals surface area contributed by atoms with Gasteiger partial charge in [0.2, 0.25) is 0 Å². The monoisotopic (exact) mass is 314 g/mol. The van der Waals surface area contributed by atoms with Crippen molar-refractivity contribution in [3.8, 4) is 11.5 Å². The van der Waals surface area contributed by atoms with Crippen molar-refractivity contribution in [1.82, 2.24) is 10.6 Å². The lowest BCUT2D eigenvalue weighted by atomic mass is 10.1. The summed E-state index contributed by atoms with van der Waals surface area (Å²) in [6.45, 7) is 2.90. The Kier molecular flexibility index (Phi) is 5.00. The molecule has 0 saturated carbocycles. The van der Waals surface area contributed by atoms with E-state index in [1.54, 1.807) is 0 Å². The SMILES string of the molecule is CNCCOc1ccc2oc3ccc(OCCNC)cc3c2c1. The van der Waals surface area contributed by atoms with Crippen molar-refractivity contribution in [2.45, 2.75) is 0 Å². The first kappa shape index (κ1) is 15.6. The van der Waals surface area contributed by atoms with Gasteiger partial charge >= 0.3 is 0 Å². The molecule has 0 spiro atoms. The van der Waals surface area contributed by atoms with E-state index >= 15 is 0 Å². The number of hydrogen-bond acceptors (Lipinski definition) is 5. The zero-order valence-corrected chi connectivity index (χ0v) is 13.5. The molecule has 0 bridgehead atoms. The summed E-state index contributed by atoms with van der Waals surface area (Å²) in [4.78, 5) is 0. The lowest BCUT2D eigenvalue weighted by Gasteiger charge is -2.06. The predicted octanol–water partition coefficient (Wildman–Crippen LogP) is 2.78. The van der Waals surface area contributed by atoms with Crippen LogP contribution in [0.2, 0.25) is 0 Å². The largest absolute Gasteiger partial charge is 0.492 e. The third-order valence-corrected chi connectivity index (χ3v) is 3.65. The van der Waals surface area contributed by atoms with Gasteiger partial charge in [0.15, 0.2) is 0 Å². The molecule has 2 aromatic carbocycles. The van der Waals surface area contributed by atoms with Crippen molar-refractivity contribution in [3.05, 3.63) is 36.4 Å². The Balaban J connectivity index is 1.89. The number of nitrogens with one attached hydrogen (secondary N) is 2. The molecule has 23 heavy (non-hydrogen) atoms. The minimum atomic E-state index is 0.635. The summed E-state index contributed by atoms with van der Waals surface area (Å²) in [6.07, 6.45) is 0. The Labute approximate surface area is 135 Å². The highest BCUT2D eigenvalue weighted by atomic mass is 16.5. The smallest absolute Gasteiger partial charge is 0.135 e. The topological polar surface area (TPSA) is 55.7 Å². The summed E-state index contributed by atoms with van der Waals surface area (Å²) in [7, 11) is 3.82. The summed E-state index contributed by atoms with van der Waals surface area (Å²) < 4.78 is 17.4. The highest BCUT2D eigenvalue weighted by molar-refractivity contribution is 6.05. The standard InChI is InChI=1S/C18H22N2O3/c1-19-7-9-21-13-3-5-17-15(11-13)16-12-14(22-10-8-20-2)4-6-18(16)23-17/h3-6,11-12,19-20H,7-10H2,1-2H3. The van der Waals surface area contributed by atoms with E-state index in [2.05, 4.69) is 10.6 Å². The van der Waals surface area contributed by atoms with Gasteiger partial charge in [0.05, 0.1) is 0 Å². The molecule has 122 valence electrons. The Morgan fingerprint density at radius 1 is 0.783 bits per heavy atom. The number of benzene rings is 2. The van der Waals surface area contributed by atoms with Gasteiger partial charge in [0.1, 0.15) is 35.9 Å². The number of rotatable bonds is 8. The first-order chi connectivity index (χ1) is 11.3. The highest BCUT2D eigenvalue weighted by Gasteiger charge is 2.09. The molecule has 0 radical (unpaired) electrons. The van der Waals surface area contributed by atoms with Crippen LogP contribution in [0.3, 0.4) is 0 Å². The maximum Gasteiger partial charge on any atom is 0.135 e. The first-order valence-corrected chi connectivity index (χ1v) is 7.83. The summed E-state index contributed by atoms with van der Waals surface area (Å²) in [5, 5.41) is 8.22. The molecule has 0 fully saturated rings. The molecule has 0 saturated heterocycles. The van der Waals surface area contributed by atoms with Crippen LogP contribution in [0, 0.1) is 0 Å². The average Bonchev–Trinajstić information content (AvgIpc) is 2.93. The van der Waals surface area contributed by atoms with Crippen LogP contribution < -0.4 is 20.1 Å². The molecule has 1 aromatic heterocycles. The van der Waals surface area contributed by atoms with E-state index in [-0.39, 0.29) is 0 Å².